The Morgan fingerprint density at radius 2 is 1.94 bits per heavy atom. The summed E-state index contributed by atoms with van der Waals surface area (Å²) >= 11 is 0. The molecule has 6 heteroatoms. The molecule has 0 spiro atoms. The molecule has 2 rings (SSSR count). The van der Waals surface area contributed by atoms with Gasteiger partial charge in [-0.15, -0.1) is 0 Å². The van der Waals surface area contributed by atoms with E-state index in [2.05, 4.69) is 15.0 Å². The molecule has 0 amide bonds. The maximum atomic E-state index is 10.4. The van der Waals surface area contributed by atoms with E-state index in [-0.39, 0.29) is 6.61 Å². The van der Waals surface area contributed by atoms with Gasteiger partial charge in [0, 0.05) is 17.8 Å². The van der Waals surface area contributed by atoms with Gasteiger partial charge < -0.3 is 9.47 Å². The second-order valence-corrected chi connectivity index (χ2v) is 3.39. The number of carbonyl (C=O) groups is 1. The molecule has 0 atom stereocenters. The number of hydrogen-bond acceptors (Lipinski definition) is 6. The van der Waals surface area contributed by atoms with Crippen LogP contribution in [0.2, 0.25) is 0 Å². The summed E-state index contributed by atoms with van der Waals surface area (Å²) < 4.78 is 10.3. The number of carbonyl (C=O) groups excluding carboxylic acids is 1. The van der Waals surface area contributed by atoms with Crippen LogP contribution in [0.4, 0.5) is 0 Å². The summed E-state index contributed by atoms with van der Waals surface area (Å²) in [6, 6.07) is 3.26. The molecule has 0 bridgehead atoms. The zero-order valence-corrected chi connectivity index (χ0v) is 9.74. The van der Waals surface area contributed by atoms with Crippen molar-refractivity contribution in [1.29, 1.82) is 0 Å². The normalized spacial score (nSPS) is 9.83. The molecule has 2 aromatic rings. The van der Waals surface area contributed by atoms with Crippen molar-refractivity contribution in [3.63, 3.8) is 0 Å². The van der Waals surface area contributed by atoms with Crippen LogP contribution in [0.3, 0.4) is 0 Å². The van der Waals surface area contributed by atoms with Crippen molar-refractivity contribution in [2.45, 2.75) is 6.61 Å². The van der Waals surface area contributed by atoms with Crippen LogP contribution in [0.25, 0.3) is 0 Å². The molecule has 2 aromatic heterocycles. The Labute approximate surface area is 104 Å². The molecule has 0 aliphatic heterocycles. The highest BCUT2D eigenvalue weighted by Gasteiger charge is 2.00. The molecule has 0 aromatic carbocycles. The van der Waals surface area contributed by atoms with Crippen molar-refractivity contribution < 1.29 is 14.3 Å². The van der Waals surface area contributed by atoms with Gasteiger partial charge in [-0.2, -0.15) is 0 Å². The Balaban J connectivity index is 1.95. The van der Waals surface area contributed by atoms with Gasteiger partial charge in [-0.05, 0) is 6.07 Å². The third kappa shape index (κ3) is 3.00. The molecule has 92 valence electrons. The third-order valence-electron chi connectivity index (χ3n) is 2.15. The van der Waals surface area contributed by atoms with E-state index in [0.29, 0.717) is 23.0 Å². The number of nitrogens with zero attached hydrogens (tertiary/aromatic N) is 3. The predicted molar refractivity (Wildman–Crippen MR) is 62.5 cm³/mol. The minimum Gasteiger partial charge on any atom is -0.480 e. The van der Waals surface area contributed by atoms with Crippen molar-refractivity contribution in [2.24, 2.45) is 0 Å². The van der Waals surface area contributed by atoms with E-state index in [9.17, 15) is 4.79 Å². The standard InChI is InChI=1S/C12H11N3O3/c1-17-12-6-13-10(5-15-12)8-18-11-3-2-9(7-16)4-14-11/h2-7H,8H2,1H3. The number of pyridine rings is 1. The van der Waals surface area contributed by atoms with Gasteiger partial charge in [0.1, 0.15) is 6.61 Å². The lowest BCUT2D eigenvalue weighted by molar-refractivity contribution is 0.112. The van der Waals surface area contributed by atoms with Gasteiger partial charge in [0.15, 0.2) is 6.29 Å². The number of methoxy groups -OCH3 is 1. The van der Waals surface area contributed by atoms with Gasteiger partial charge in [-0.1, -0.05) is 0 Å². The molecule has 0 aliphatic carbocycles. The average Bonchev–Trinajstić information content (AvgIpc) is 2.46. The van der Waals surface area contributed by atoms with Crippen LogP contribution in [0, 0.1) is 0 Å². The van der Waals surface area contributed by atoms with Crippen molar-refractivity contribution >= 4 is 6.29 Å². The Kier molecular flexibility index (Phi) is 3.80. The van der Waals surface area contributed by atoms with Crippen molar-refractivity contribution in [2.75, 3.05) is 7.11 Å². The van der Waals surface area contributed by atoms with E-state index in [1.165, 1.54) is 19.5 Å². The minimum absolute atomic E-state index is 0.254. The fraction of sp³-hybridized carbons (Fsp3) is 0.167. The SMILES string of the molecule is COc1cnc(COc2ccc(C=O)cn2)cn1. The molecule has 18 heavy (non-hydrogen) atoms. The minimum atomic E-state index is 0.254. The zero-order chi connectivity index (χ0) is 12.8. The van der Waals surface area contributed by atoms with Crippen LogP contribution in [0.15, 0.2) is 30.7 Å². The van der Waals surface area contributed by atoms with Crippen LogP contribution in [0.1, 0.15) is 16.1 Å². The second-order valence-electron chi connectivity index (χ2n) is 3.39. The Bertz CT molecular complexity index is 511. The first-order valence-corrected chi connectivity index (χ1v) is 5.21. The molecule has 0 saturated carbocycles. The summed E-state index contributed by atoms with van der Waals surface area (Å²) in [6.07, 6.45) is 5.26. The van der Waals surface area contributed by atoms with E-state index in [1.807, 2.05) is 0 Å². The smallest absolute Gasteiger partial charge is 0.231 e. The first kappa shape index (κ1) is 12.0. The highest BCUT2D eigenvalue weighted by molar-refractivity contribution is 5.73. The van der Waals surface area contributed by atoms with E-state index >= 15 is 0 Å². The van der Waals surface area contributed by atoms with Gasteiger partial charge in [-0.3, -0.25) is 9.78 Å². The lowest BCUT2D eigenvalue weighted by atomic mass is 10.3. The largest absolute Gasteiger partial charge is 0.480 e. The first-order valence-electron chi connectivity index (χ1n) is 5.21. The maximum absolute atomic E-state index is 10.4. The molecule has 0 radical (unpaired) electrons. The molecule has 6 nitrogen and oxygen atoms in total. The van der Waals surface area contributed by atoms with Crippen LogP contribution in [-0.2, 0) is 6.61 Å². The Hall–Kier alpha value is -2.50. The van der Waals surface area contributed by atoms with Crippen LogP contribution in [-0.4, -0.2) is 28.3 Å². The highest BCUT2D eigenvalue weighted by atomic mass is 16.5. The number of ether oxygens (including phenoxy) is 2. The molecular weight excluding hydrogens is 234 g/mol. The molecule has 0 saturated heterocycles. The number of aromatic nitrogens is 3. The molecule has 0 N–H and O–H groups in total. The molecule has 2 heterocycles. The fourth-order valence-corrected chi connectivity index (χ4v) is 1.22. The van der Waals surface area contributed by atoms with Gasteiger partial charge in [0.05, 0.1) is 25.2 Å². The summed E-state index contributed by atoms with van der Waals surface area (Å²) in [6.45, 7) is 0.254. The fourth-order valence-electron chi connectivity index (χ4n) is 1.22. The van der Waals surface area contributed by atoms with Gasteiger partial charge in [0.25, 0.3) is 0 Å². The molecule has 0 unspecified atom stereocenters. The third-order valence-corrected chi connectivity index (χ3v) is 2.15. The van der Waals surface area contributed by atoms with Crippen LogP contribution in [0.5, 0.6) is 11.8 Å². The Morgan fingerprint density at radius 1 is 1.11 bits per heavy atom. The number of aldehydes is 1. The molecular formula is C12H11N3O3. The van der Waals surface area contributed by atoms with Crippen LogP contribution < -0.4 is 9.47 Å². The molecule has 0 aliphatic rings. The topological polar surface area (TPSA) is 74.2 Å². The lowest BCUT2D eigenvalue weighted by Gasteiger charge is -2.04. The van der Waals surface area contributed by atoms with E-state index in [4.69, 9.17) is 9.47 Å². The van der Waals surface area contributed by atoms with E-state index in [1.54, 1.807) is 18.3 Å². The summed E-state index contributed by atoms with van der Waals surface area (Å²) in [5.41, 5.74) is 1.17. The summed E-state index contributed by atoms with van der Waals surface area (Å²) in [5.74, 6) is 0.880. The summed E-state index contributed by atoms with van der Waals surface area (Å²) in [7, 11) is 1.53. The average molecular weight is 245 g/mol. The molecule has 0 fully saturated rings. The highest BCUT2D eigenvalue weighted by Crippen LogP contribution is 2.09. The quantitative estimate of drug-likeness (QED) is 0.738. The van der Waals surface area contributed by atoms with Gasteiger partial charge >= 0.3 is 0 Å². The lowest BCUT2D eigenvalue weighted by Crippen LogP contribution is -2.01. The first-order chi connectivity index (χ1) is 8.81. The van der Waals surface area contributed by atoms with Crippen LogP contribution >= 0.6 is 0 Å². The monoisotopic (exact) mass is 245 g/mol. The Morgan fingerprint density at radius 3 is 2.50 bits per heavy atom. The van der Waals surface area contributed by atoms with Gasteiger partial charge in [-0.25, -0.2) is 9.97 Å². The summed E-state index contributed by atoms with van der Waals surface area (Å²) in [5, 5.41) is 0. The van der Waals surface area contributed by atoms with Crippen molar-refractivity contribution in [3.05, 3.63) is 42.0 Å². The van der Waals surface area contributed by atoms with E-state index < -0.39 is 0 Å². The van der Waals surface area contributed by atoms with E-state index in [0.717, 1.165) is 6.29 Å². The van der Waals surface area contributed by atoms with Gasteiger partial charge in [0.2, 0.25) is 11.8 Å². The zero-order valence-electron chi connectivity index (χ0n) is 9.74. The number of hydrogen-bond donors (Lipinski definition) is 0. The van der Waals surface area contributed by atoms with Crippen molar-refractivity contribution in [3.8, 4) is 11.8 Å². The maximum Gasteiger partial charge on any atom is 0.231 e. The number of rotatable bonds is 5. The second kappa shape index (κ2) is 5.72. The summed E-state index contributed by atoms with van der Waals surface area (Å²) in [4.78, 5) is 22.5. The van der Waals surface area contributed by atoms with Crippen molar-refractivity contribution in [1.82, 2.24) is 15.0 Å². The predicted octanol–water partition coefficient (Wildman–Crippen LogP) is 1.27.